The number of halogens is 1. The maximum atomic E-state index is 5.95. The molecule has 2 nitrogen and oxygen atoms in total. The summed E-state index contributed by atoms with van der Waals surface area (Å²) >= 11 is 5.95. The second-order valence-corrected chi connectivity index (χ2v) is 3.85. The number of nitrogens with one attached hydrogen (secondary N) is 2. The molecule has 2 N–H and O–H groups in total. The van der Waals surface area contributed by atoms with E-state index in [2.05, 4.69) is 23.6 Å². The Morgan fingerprint density at radius 3 is 2.64 bits per heavy atom. The maximum Gasteiger partial charge on any atom is 0.0411 e. The van der Waals surface area contributed by atoms with Crippen molar-refractivity contribution in [1.29, 1.82) is 0 Å². The Hall–Kier alpha value is -0.570. The molecule has 78 valence electrons. The largest absolute Gasteiger partial charge is 0.318 e. The zero-order chi connectivity index (χ0) is 10.4. The van der Waals surface area contributed by atoms with E-state index < -0.39 is 0 Å². The molecule has 1 aromatic carbocycles. The van der Waals surface area contributed by atoms with E-state index in [1.54, 1.807) is 0 Å². The van der Waals surface area contributed by atoms with E-state index >= 15 is 0 Å². The Morgan fingerprint density at radius 2 is 2.00 bits per heavy atom. The average Bonchev–Trinajstić information content (AvgIpc) is 2.11. The van der Waals surface area contributed by atoms with Gasteiger partial charge in [-0.3, -0.25) is 0 Å². The number of aryl methyl sites for hydroxylation is 1. The summed E-state index contributed by atoms with van der Waals surface area (Å²) in [6.07, 6.45) is 0. The molecule has 14 heavy (non-hydrogen) atoms. The van der Waals surface area contributed by atoms with Gasteiger partial charge >= 0.3 is 0 Å². The molecule has 0 aliphatic heterocycles. The molecular weight excluding hydrogens is 196 g/mol. The van der Waals surface area contributed by atoms with Crippen molar-refractivity contribution in [1.82, 2.24) is 10.6 Å². The topological polar surface area (TPSA) is 24.1 Å². The first-order chi connectivity index (χ1) is 6.72. The first-order valence-electron chi connectivity index (χ1n) is 4.84. The lowest BCUT2D eigenvalue weighted by Crippen LogP contribution is -2.24. The van der Waals surface area contributed by atoms with Crippen LogP contribution in [0.3, 0.4) is 0 Å². The van der Waals surface area contributed by atoms with Crippen LogP contribution in [0.1, 0.15) is 11.1 Å². The monoisotopic (exact) mass is 212 g/mol. The predicted molar refractivity (Wildman–Crippen MR) is 61.8 cm³/mol. The summed E-state index contributed by atoms with van der Waals surface area (Å²) in [5, 5.41) is 7.24. The van der Waals surface area contributed by atoms with Crippen molar-refractivity contribution in [3.05, 3.63) is 34.3 Å². The maximum absolute atomic E-state index is 5.95. The Balaban J connectivity index is 2.42. The predicted octanol–water partition coefficient (Wildman–Crippen LogP) is 1.96. The summed E-state index contributed by atoms with van der Waals surface area (Å²) in [5.74, 6) is 0. The Bertz CT molecular complexity index is 266. The van der Waals surface area contributed by atoms with Gasteiger partial charge in [-0.2, -0.15) is 0 Å². The van der Waals surface area contributed by atoms with Gasteiger partial charge in [-0.25, -0.2) is 0 Å². The van der Waals surface area contributed by atoms with Gasteiger partial charge in [0.15, 0.2) is 0 Å². The fourth-order valence-electron chi connectivity index (χ4n) is 1.36. The lowest BCUT2D eigenvalue weighted by Gasteiger charge is -2.06. The molecule has 0 aromatic heterocycles. The van der Waals surface area contributed by atoms with Gasteiger partial charge in [0.1, 0.15) is 0 Å². The highest BCUT2D eigenvalue weighted by molar-refractivity contribution is 6.30. The fourth-order valence-corrected chi connectivity index (χ4v) is 1.67. The van der Waals surface area contributed by atoms with E-state index in [0.29, 0.717) is 0 Å². The number of likely N-dealkylation sites (N-methyl/N-ethyl adjacent to an activating group) is 1. The summed E-state index contributed by atoms with van der Waals surface area (Å²) in [6, 6.07) is 6.12. The highest BCUT2D eigenvalue weighted by Crippen LogP contribution is 2.14. The van der Waals surface area contributed by atoms with Gasteiger partial charge < -0.3 is 10.6 Å². The molecule has 0 bridgehead atoms. The summed E-state index contributed by atoms with van der Waals surface area (Å²) in [5.41, 5.74) is 2.45. The summed E-state index contributed by atoms with van der Waals surface area (Å²) in [6.45, 7) is 4.90. The van der Waals surface area contributed by atoms with E-state index in [1.807, 2.05) is 19.2 Å². The van der Waals surface area contributed by atoms with Crippen LogP contribution in [-0.2, 0) is 6.54 Å². The zero-order valence-corrected chi connectivity index (χ0v) is 9.49. The Kier molecular flexibility index (Phi) is 4.94. The van der Waals surface area contributed by atoms with Crippen molar-refractivity contribution in [2.45, 2.75) is 13.5 Å². The van der Waals surface area contributed by atoms with Crippen LogP contribution in [0.2, 0.25) is 5.02 Å². The molecule has 0 aliphatic carbocycles. The third-order valence-corrected chi connectivity index (χ3v) is 2.20. The third-order valence-electron chi connectivity index (χ3n) is 1.98. The molecule has 0 aliphatic rings. The lowest BCUT2D eigenvalue weighted by molar-refractivity contribution is 0.650. The van der Waals surface area contributed by atoms with Gasteiger partial charge in [0.25, 0.3) is 0 Å². The molecule has 1 rings (SSSR count). The normalized spacial score (nSPS) is 10.5. The van der Waals surface area contributed by atoms with Crippen molar-refractivity contribution < 1.29 is 0 Å². The first kappa shape index (κ1) is 11.5. The minimum atomic E-state index is 0.815. The van der Waals surface area contributed by atoms with Gasteiger partial charge in [0.05, 0.1) is 0 Å². The molecule has 0 radical (unpaired) electrons. The number of benzene rings is 1. The quantitative estimate of drug-likeness (QED) is 0.730. The minimum absolute atomic E-state index is 0.815. The lowest BCUT2D eigenvalue weighted by atomic mass is 10.1. The van der Waals surface area contributed by atoms with Crippen molar-refractivity contribution >= 4 is 11.6 Å². The molecule has 0 amide bonds. The molecule has 0 atom stereocenters. The van der Waals surface area contributed by atoms with E-state index in [4.69, 9.17) is 11.6 Å². The smallest absolute Gasteiger partial charge is 0.0411 e. The van der Waals surface area contributed by atoms with Crippen LogP contribution in [0.5, 0.6) is 0 Å². The molecule has 0 fully saturated rings. The average molecular weight is 213 g/mol. The second kappa shape index (κ2) is 6.02. The minimum Gasteiger partial charge on any atom is -0.318 e. The van der Waals surface area contributed by atoms with Crippen molar-refractivity contribution in [3.63, 3.8) is 0 Å². The second-order valence-electron chi connectivity index (χ2n) is 3.42. The van der Waals surface area contributed by atoms with Crippen LogP contribution < -0.4 is 10.6 Å². The van der Waals surface area contributed by atoms with Crippen LogP contribution in [0.15, 0.2) is 18.2 Å². The first-order valence-corrected chi connectivity index (χ1v) is 5.21. The molecule has 0 unspecified atom stereocenters. The SMILES string of the molecule is CNCCNCc1cc(C)cc(Cl)c1. The van der Waals surface area contributed by atoms with Crippen LogP contribution >= 0.6 is 11.6 Å². The van der Waals surface area contributed by atoms with E-state index in [0.717, 1.165) is 24.7 Å². The summed E-state index contributed by atoms with van der Waals surface area (Å²) in [7, 11) is 1.95. The Morgan fingerprint density at radius 1 is 1.21 bits per heavy atom. The zero-order valence-electron chi connectivity index (χ0n) is 8.73. The van der Waals surface area contributed by atoms with Crippen LogP contribution in [-0.4, -0.2) is 20.1 Å². The van der Waals surface area contributed by atoms with Gasteiger partial charge in [0, 0.05) is 24.7 Å². The van der Waals surface area contributed by atoms with Gasteiger partial charge in [-0.15, -0.1) is 0 Å². The van der Waals surface area contributed by atoms with Gasteiger partial charge in [0.2, 0.25) is 0 Å². The molecular formula is C11H17ClN2. The molecule has 0 spiro atoms. The van der Waals surface area contributed by atoms with E-state index in [1.165, 1.54) is 11.1 Å². The highest BCUT2D eigenvalue weighted by Gasteiger charge is 1.96. The van der Waals surface area contributed by atoms with Crippen molar-refractivity contribution in [2.75, 3.05) is 20.1 Å². The Labute approximate surface area is 90.7 Å². The highest BCUT2D eigenvalue weighted by atomic mass is 35.5. The third kappa shape index (κ3) is 4.09. The van der Waals surface area contributed by atoms with Crippen molar-refractivity contribution in [2.24, 2.45) is 0 Å². The van der Waals surface area contributed by atoms with Crippen LogP contribution in [0.25, 0.3) is 0 Å². The van der Waals surface area contributed by atoms with Gasteiger partial charge in [-0.05, 0) is 37.2 Å². The van der Waals surface area contributed by atoms with E-state index in [-0.39, 0.29) is 0 Å². The van der Waals surface area contributed by atoms with Crippen LogP contribution in [0, 0.1) is 6.92 Å². The fraction of sp³-hybridized carbons (Fsp3) is 0.455. The molecule has 0 heterocycles. The van der Waals surface area contributed by atoms with Gasteiger partial charge in [-0.1, -0.05) is 17.7 Å². The molecule has 0 saturated heterocycles. The molecule has 3 heteroatoms. The standard InChI is InChI=1S/C11H17ClN2/c1-9-5-10(7-11(12)6-9)8-14-4-3-13-2/h5-7,13-14H,3-4,8H2,1-2H3. The number of hydrogen-bond donors (Lipinski definition) is 2. The molecule has 1 aromatic rings. The van der Waals surface area contributed by atoms with E-state index in [9.17, 15) is 0 Å². The number of hydrogen-bond acceptors (Lipinski definition) is 2. The molecule has 0 saturated carbocycles. The summed E-state index contributed by atoms with van der Waals surface area (Å²) < 4.78 is 0. The van der Waals surface area contributed by atoms with Crippen molar-refractivity contribution in [3.8, 4) is 0 Å². The number of rotatable bonds is 5. The van der Waals surface area contributed by atoms with Crippen LogP contribution in [0.4, 0.5) is 0 Å². The summed E-state index contributed by atoms with van der Waals surface area (Å²) in [4.78, 5) is 0.